The van der Waals surface area contributed by atoms with Crippen molar-refractivity contribution in [1.29, 1.82) is 0 Å². The summed E-state index contributed by atoms with van der Waals surface area (Å²) in [6.45, 7) is 0. The molecule has 2 heterocycles. The number of hydrogen-bond donors (Lipinski definition) is 0. The Kier molecular flexibility index (Phi) is 5.22. The zero-order valence-electron chi connectivity index (χ0n) is 19.0. The Labute approximate surface area is 227 Å². The lowest BCUT2D eigenvalue weighted by Gasteiger charge is -2.24. The number of halogens is 3. The van der Waals surface area contributed by atoms with Gasteiger partial charge >= 0.3 is 0 Å². The summed E-state index contributed by atoms with van der Waals surface area (Å²) in [6.07, 6.45) is 0. The van der Waals surface area contributed by atoms with Gasteiger partial charge in [0, 0.05) is 17.2 Å². The second kappa shape index (κ2) is 8.63. The number of nitrogens with zero attached hydrogens (tertiary/aromatic N) is 2. The van der Waals surface area contributed by atoms with E-state index < -0.39 is 0 Å². The Morgan fingerprint density at radius 1 is 0.541 bits per heavy atom. The topological polar surface area (TPSA) is 43.2 Å². The van der Waals surface area contributed by atoms with Crippen LogP contribution in [0.2, 0.25) is 15.1 Å². The minimum atomic E-state index is 0.261. The van der Waals surface area contributed by atoms with Gasteiger partial charge in [-0.3, -0.25) is 0 Å². The van der Waals surface area contributed by atoms with E-state index in [1.165, 1.54) is 0 Å². The number of para-hydroxylation sites is 2. The summed E-state index contributed by atoms with van der Waals surface area (Å²) in [4.78, 5) is 9.72. The van der Waals surface area contributed by atoms with Gasteiger partial charge < -0.3 is 9.47 Å². The molecule has 2 aliphatic heterocycles. The van der Waals surface area contributed by atoms with Crippen molar-refractivity contribution in [2.24, 2.45) is 9.98 Å². The average Bonchev–Trinajstić information content (AvgIpc) is 2.94. The van der Waals surface area contributed by atoms with Crippen LogP contribution in [-0.4, -0.2) is 0 Å². The lowest BCUT2D eigenvalue weighted by Crippen LogP contribution is -2.20. The summed E-state index contributed by atoms with van der Waals surface area (Å²) in [5.74, 6) is 1.85. The molecule has 0 saturated carbocycles. The summed E-state index contributed by atoms with van der Waals surface area (Å²) < 4.78 is 12.5. The predicted octanol–water partition coefficient (Wildman–Crippen LogP) is 9.09. The maximum Gasteiger partial charge on any atom is 0.174 e. The fraction of sp³-hybridized carbons (Fsp3) is 0. The molecule has 0 bridgehead atoms. The van der Waals surface area contributed by atoms with E-state index in [9.17, 15) is 0 Å². The van der Waals surface area contributed by atoms with Crippen LogP contribution in [0.4, 0.5) is 11.4 Å². The van der Waals surface area contributed by atoms with Crippen molar-refractivity contribution in [2.75, 3.05) is 0 Å². The van der Waals surface area contributed by atoms with Crippen LogP contribution in [-0.2, 0) is 0 Å². The zero-order valence-corrected chi connectivity index (χ0v) is 21.3. The summed E-state index contributed by atoms with van der Waals surface area (Å²) in [5, 5.41) is 1.92. The SMILES string of the molecule is Clc1c(Cl)c(-c2ccccc2)c(-c2ccccc2)c2c1Oc1c(Cl)c3c(cc1=N2)Oc1ccccc1N=3. The number of benzene rings is 5. The fourth-order valence-corrected chi connectivity index (χ4v) is 5.44. The Balaban J connectivity index is 1.56. The van der Waals surface area contributed by atoms with Gasteiger partial charge in [-0.05, 0) is 23.3 Å². The van der Waals surface area contributed by atoms with E-state index >= 15 is 0 Å². The molecule has 4 nitrogen and oxygen atoms in total. The molecule has 0 spiro atoms. The van der Waals surface area contributed by atoms with Crippen molar-refractivity contribution in [3.8, 4) is 45.3 Å². The third-order valence-corrected chi connectivity index (χ3v) is 7.52. The molecule has 178 valence electrons. The Bertz CT molecular complexity index is 1860. The van der Waals surface area contributed by atoms with Crippen LogP contribution < -0.4 is 20.2 Å². The van der Waals surface area contributed by atoms with Crippen LogP contribution >= 0.6 is 34.8 Å². The molecular weight excluding hydrogens is 527 g/mol. The van der Waals surface area contributed by atoms with Crippen LogP contribution in [0.3, 0.4) is 0 Å². The maximum absolute atomic E-state index is 6.93. The predicted molar refractivity (Wildman–Crippen MR) is 147 cm³/mol. The van der Waals surface area contributed by atoms with Crippen molar-refractivity contribution in [2.45, 2.75) is 0 Å². The molecule has 0 aliphatic carbocycles. The van der Waals surface area contributed by atoms with Crippen LogP contribution in [0.25, 0.3) is 22.3 Å². The second-order valence-electron chi connectivity index (χ2n) is 8.57. The molecule has 7 heteroatoms. The van der Waals surface area contributed by atoms with E-state index in [-0.39, 0.29) is 10.0 Å². The molecule has 0 atom stereocenters. The highest BCUT2D eigenvalue weighted by molar-refractivity contribution is 6.46. The van der Waals surface area contributed by atoms with Crippen molar-refractivity contribution in [3.05, 3.63) is 117 Å². The normalized spacial score (nSPS) is 12.5. The van der Waals surface area contributed by atoms with Crippen LogP contribution in [0.5, 0.6) is 23.0 Å². The maximum atomic E-state index is 6.93. The van der Waals surface area contributed by atoms with E-state index in [4.69, 9.17) is 54.3 Å². The molecule has 2 aliphatic rings. The third-order valence-electron chi connectivity index (χ3n) is 6.33. The van der Waals surface area contributed by atoms with Gasteiger partial charge in [0.15, 0.2) is 23.0 Å². The monoisotopic (exact) mass is 540 g/mol. The average molecular weight is 542 g/mol. The van der Waals surface area contributed by atoms with E-state index in [1.54, 1.807) is 6.07 Å². The van der Waals surface area contributed by atoms with Crippen molar-refractivity contribution >= 4 is 46.2 Å². The third kappa shape index (κ3) is 3.52. The smallest absolute Gasteiger partial charge is 0.174 e. The molecule has 0 aromatic heterocycles. The number of hydrogen-bond acceptors (Lipinski definition) is 4. The first-order valence-corrected chi connectivity index (χ1v) is 12.6. The Hall–Kier alpha value is -3.83. The summed E-state index contributed by atoms with van der Waals surface area (Å²) in [7, 11) is 0. The largest absolute Gasteiger partial charge is 0.453 e. The highest BCUT2D eigenvalue weighted by atomic mass is 35.5. The van der Waals surface area contributed by atoms with Crippen LogP contribution in [0, 0.1) is 0 Å². The second-order valence-corrected chi connectivity index (χ2v) is 9.70. The van der Waals surface area contributed by atoms with Crippen molar-refractivity contribution in [3.63, 3.8) is 0 Å². The van der Waals surface area contributed by atoms with Crippen LogP contribution in [0.15, 0.2) is 101 Å². The molecule has 7 rings (SSSR count). The van der Waals surface area contributed by atoms with Gasteiger partial charge in [0.05, 0.1) is 5.02 Å². The summed E-state index contributed by atoms with van der Waals surface area (Å²) >= 11 is 20.6. The van der Waals surface area contributed by atoms with E-state index in [1.807, 2.05) is 84.9 Å². The minimum absolute atomic E-state index is 0.261. The number of ether oxygens (including phenoxy) is 2. The summed E-state index contributed by atoms with van der Waals surface area (Å²) in [5.41, 5.74) is 4.68. The molecule has 0 radical (unpaired) electrons. The highest BCUT2D eigenvalue weighted by Crippen LogP contribution is 2.55. The minimum Gasteiger partial charge on any atom is -0.453 e. The van der Waals surface area contributed by atoms with Gasteiger partial charge in [0.1, 0.15) is 32.1 Å². The number of rotatable bonds is 2. The first kappa shape index (κ1) is 22.4. The first-order valence-electron chi connectivity index (χ1n) is 11.5. The molecule has 0 N–H and O–H groups in total. The molecule has 0 saturated heterocycles. The lowest BCUT2D eigenvalue weighted by molar-refractivity contribution is 0.451. The summed E-state index contributed by atoms with van der Waals surface area (Å²) in [6, 6.07) is 29.1. The van der Waals surface area contributed by atoms with Gasteiger partial charge in [0.25, 0.3) is 0 Å². The Morgan fingerprint density at radius 2 is 1.19 bits per heavy atom. The molecule has 0 amide bonds. The zero-order chi connectivity index (χ0) is 25.1. The van der Waals surface area contributed by atoms with Crippen molar-refractivity contribution in [1.82, 2.24) is 0 Å². The van der Waals surface area contributed by atoms with Gasteiger partial charge in [0.2, 0.25) is 0 Å². The quantitative estimate of drug-likeness (QED) is 0.219. The lowest BCUT2D eigenvalue weighted by atomic mass is 9.92. The molecule has 5 aromatic carbocycles. The van der Waals surface area contributed by atoms with Gasteiger partial charge in [-0.25, -0.2) is 9.98 Å². The molecular formula is C30H15Cl3N2O2. The Morgan fingerprint density at radius 3 is 1.92 bits per heavy atom. The highest BCUT2D eigenvalue weighted by Gasteiger charge is 2.30. The van der Waals surface area contributed by atoms with Crippen LogP contribution in [0.1, 0.15) is 0 Å². The first-order chi connectivity index (χ1) is 18.1. The van der Waals surface area contributed by atoms with E-state index in [0.717, 1.165) is 22.3 Å². The molecule has 0 unspecified atom stereocenters. The molecule has 37 heavy (non-hydrogen) atoms. The van der Waals surface area contributed by atoms with Crippen molar-refractivity contribution < 1.29 is 9.47 Å². The van der Waals surface area contributed by atoms with E-state index in [2.05, 4.69) is 0 Å². The van der Waals surface area contributed by atoms with Gasteiger partial charge in [-0.2, -0.15) is 0 Å². The fourth-order valence-electron chi connectivity index (χ4n) is 4.66. The molecule has 0 fully saturated rings. The van der Waals surface area contributed by atoms with Gasteiger partial charge in [-0.15, -0.1) is 0 Å². The number of fused-ring (bicyclic) bond motifs is 4. The van der Waals surface area contributed by atoms with Gasteiger partial charge in [-0.1, -0.05) is 108 Å². The molecule has 5 aromatic rings. The standard InChI is InChI=1S/C30H15Cl3N2O2/c31-24-22(16-9-3-1-4-10-16)23(17-11-5-2-6-12-17)28-30(25(24)32)37-29-19(35-28)15-21-27(26(29)33)34-18-13-7-8-14-20(18)36-21/h1-15H. The van der Waals surface area contributed by atoms with E-state index in [0.29, 0.717) is 50.1 Å².